The van der Waals surface area contributed by atoms with Gasteiger partial charge >= 0.3 is 6.18 Å². The van der Waals surface area contributed by atoms with E-state index >= 15 is 0 Å². The van der Waals surface area contributed by atoms with E-state index in [2.05, 4.69) is 6.58 Å². The van der Waals surface area contributed by atoms with Gasteiger partial charge in [-0.1, -0.05) is 36.4 Å². The fraction of sp³-hybridized carbons (Fsp3) is 0.111. The van der Waals surface area contributed by atoms with E-state index in [1.807, 2.05) is 30.3 Å². The molecule has 1 aromatic rings. The molecule has 1 rings (SSSR count). The predicted molar refractivity (Wildman–Crippen MR) is 47.7 cm³/mol. The van der Waals surface area contributed by atoms with Gasteiger partial charge in [-0.25, -0.2) is 0 Å². The van der Waals surface area contributed by atoms with E-state index in [1.54, 1.807) is 0 Å². The normalized spacial score (nSPS) is 9.85. The minimum absolute atomic E-state index is 0.0625. The second-order valence-electron chi connectivity index (χ2n) is 2.04. The zero-order valence-electron chi connectivity index (χ0n) is 6.68. The average molecular weight is 209 g/mol. The van der Waals surface area contributed by atoms with Gasteiger partial charge in [0.15, 0.2) is 0 Å². The Morgan fingerprint density at radius 2 is 1.54 bits per heavy atom. The molecule has 13 heavy (non-hydrogen) atoms. The van der Waals surface area contributed by atoms with Crippen molar-refractivity contribution in [2.45, 2.75) is 6.18 Å². The maximum atomic E-state index is 10.7. The second-order valence-corrected chi connectivity index (χ2v) is 2.48. The van der Waals surface area contributed by atoms with Crippen LogP contribution in [0.3, 0.4) is 0 Å². The van der Waals surface area contributed by atoms with Crippen LogP contribution in [0.5, 0.6) is 0 Å². The van der Waals surface area contributed by atoms with Crippen LogP contribution in [-0.4, -0.2) is 6.18 Å². The summed E-state index contributed by atoms with van der Waals surface area (Å²) in [6.45, 7) is 2.51. The summed E-state index contributed by atoms with van der Waals surface area (Å²) in [6, 6.07) is 9.44. The highest BCUT2D eigenvalue weighted by Gasteiger charge is 2.19. The van der Waals surface area contributed by atoms with Crippen molar-refractivity contribution in [3.05, 3.63) is 48.0 Å². The van der Waals surface area contributed by atoms with Crippen LogP contribution >= 0.6 is 11.6 Å². The summed E-state index contributed by atoms with van der Waals surface area (Å²) in [4.78, 5) is 0. The third kappa shape index (κ3) is 8.95. The van der Waals surface area contributed by atoms with E-state index in [-0.39, 0.29) is 6.08 Å². The van der Waals surface area contributed by atoms with Crippen LogP contribution in [0.15, 0.2) is 43.0 Å². The molecule has 0 aliphatic rings. The van der Waals surface area contributed by atoms with E-state index in [1.165, 1.54) is 0 Å². The van der Waals surface area contributed by atoms with E-state index in [9.17, 15) is 13.2 Å². The highest BCUT2D eigenvalue weighted by Crippen LogP contribution is 2.13. The SMILES string of the molecule is C=CC(F)(F)F.Clc1ccccc1. The zero-order chi connectivity index (χ0) is 10.3. The van der Waals surface area contributed by atoms with Gasteiger partial charge in [-0.05, 0) is 12.1 Å². The van der Waals surface area contributed by atoms with Gasteiger partial charge in [0.2, 0.25) is 0 Å². The lowest BCUT2D eigenvalue weighted by Crippen LogP contribution is -1.98. The topological polar surface area (TPSA) is 0 Å². The first-order valence-electron chi connectivity index (χ1n) is 3.36. The van der Waals surface area contributed by atoms with Gasteiger partial charge in [0.1, 0.15) is 0 Å². The van der Waals surface area contributed by atoms with Gasteiger partial charge in [-0.15, -0.1) is 0 Å². The Labute approximate surface area is 79.6 Å². The molecule has 0 aromatic heterocycles. The summed E-state index contributed by atoms with van der Waals surface area (Å²) in [5, 5.41) is 0.794. The number of benzene rings is 1. The molecular weight excluding hydrogens is 201 g/mol. The largest absolute Gasteiger partial charge is 0.409 e. The predicted octanol–water partition coefficient (Wildman–Crippen LogP) is 4.07. The van der Waals surface area contributed by atoms with Crippen LogP contribution in [-0.2, 0) is 0 Å². The summed E-state index contributed by atoms with van der Waals surface area (Å²) >= 11 is 5.54. The van der Waals surface area contributed by atoms with Crippen molar-refractivity contribution < 1.29 is 13.2 Å². The van der Waals surface area contributed by atoms with Crippen molar-refractivity contribution in [3.8, 4) is 0 Å². The van der Waals surface area contributed by atoms with Crippen molar-refractivity contribution in [1.82, 2.24) is 0 Å². The average Bonchev–Trinajstić information content (AvgIpc) is 2.06. The molecule has 72 valence electrons. The molecule has 0 radical (unpaired) electrons. The quantitative estimate of drug-likeness (QED) is 0.564. The number of rotatable bonds is 0. The standard InChI is InChI=1S/C6H5Cl.C3H3F3/c7-6-4-2-1-3-5-6;1-2-3(4,5)6/h1-5H;2H,1H2. The lowest BCUT2D eigenvalue weighted by molar-refractivity contribution is -0.0795. The van der Waals surface area contributed by atoms with E-state index in [4.69, 9.17) is 11.6 Å². The molecule has 0 saturated carbocycles. The Kier molecular flexibility index (Phi) is 5.23. The van der Waals surface area contributed by atoms with Gasteiger partial charge in [0.25, 0.3) is 0 Å². The first kappa shape index (κ1) is 12.0. The molecule has 0 unspecified atom stereocenters. The summed E-state index contributed by atoms with van der Waals surface area (Å²) < 4.78 is 32.0. The van der Waals surface area contributed by atoms with Crippen LogP contribution < -0.4 is 0 Å². The smallest absolute Gasteiger partial charge is 0.167 e. The number of halogens is 4. The van der Waals surface area contributed by atoms with Crippen LogP contribution in [0, 0.1) is 0 Å². The lowest BCUT2D eigenvalue weighted by Gasteiger charge is -1.91. The fourth-order valence-electron chi connectivity index (χ4n) is 0.415. The molecule has 0 nitrogen and oxygen atoms in total. The van der Waals surface area contributed by atoms with Crippen molar-refractivity contribution in [2.24, 2.45) is 0 Å². The van der Waals surface area contributed by atoms with Crippen molar-refractivity contribution >= 4 is 11.6 Å². The van der Waals surface area contributed by atoms with Crippen molar-refractivity contribution in [1.29, 1.82) is 0 Å². The zero-order valence-corrected chi connectivity index (χ0v) is 7.44. The molecule has 1 aromatic carbocycles. The van der Waals surface area contributed by atoms with Gasteiger partial charge in [0, 0.05) is 11.1 Å². The minimum atomic E-state index is -4.19. The Morgan fingerprint density at radius 3 is 1.69 bits per heavy atom. The van der Waals surface area contributed by atoms with Crippen LogP contribution in [0.25, 0.3) is 0 Å². The Hall–Kier alpha value is -0.960. The maximum absolute atomic E-state index is 10.7. The van der Waals surface area contributed by atoms with Gasteiger partial charge in [-0.3, -0.25) is 0 Å². The maximum Gasteiger partial charge on any atom is 0.409 e. The highest BCUT2D eigenvalue weighted by atomic mass is 35.5. The third-order valence-corrected chi connectivity index (χ3v) is 1.22. The fourth-order valence-corrected chi connectivity index (χ4v) is 0.560. The van der Waals surface area contributed by atoms with E-state index in [0.29, 0.717) is 0 Å². The molecule has 0 fully saturated rings. The Morgan fingerprint density at radius 1 is 1.15 bits per heavy atom. The molecule has 0 amide bonds. The molecule has 0 atom stereocenters. The second kappa shape index (κ2) is 5.65. The van der Waals surface area contributed by atoms with E-state index < -0.39 is 6.18 Å². The minimum Gasteiger partial charge on any atom is -0.167 e. The Balaban J connectivity index is 0.000000226. The molecule has 0 aliphatic carbocycles. The summed E-state index contributed by atoms with van der Waals surface area (Å²) in [6.07, 6.45) is -4.26. The van der Waals surface area contributed by atoms with E-state index in [0.717, 1.165) is 5.02 Å². The summed E-state index contributed by atoms with van der Waals surface area (Å²) in [5.41, 5.74) is 0. The van der Waals surface area contributed by atoms with Gasteiger partial charge in [0.05, 0.1) is 0 Å². The number of hydrogen-bond donors (Lipinski definition) is 0. The lowest BCUT2D eigenvalue weighted by atomic mass is 10.4. The van der Waals surface area contributed by atoms with Gasteiger partial charge < -0.3 is 0 Å². The molecule has 4 heteroatoms. The molecule has 0 aliphatic heterocycles. The summed E-state index contributed by atoms with van der Waals surface area (Å²) in [5.74, 6) is 0. The monoisotopic (exact) mass is 208 g/mol. The molecule has 0 bridgehead atoms. The molecule has 0 saturated heterocycles. The van der Waals surface area contributed by atoms with Crippen molar-refractivity contribution in [2.75, 3.05) is 0 Å². The molecule has 0 spiro atoms. The number of alkyl halides is 3. The first-order valence-corrected chi connectivity index (χ1v) is 3.74. The van der Waals surface area contributed by atoms with Crippen LogP contribution in [0.1, 0.15) is 0 Å². The third-order valence-electron chi connectivity index (χ3n) is 0.965. The first-order chi connectivity index (χ1) is 5.95. The molecular formula is C9H8ClF3. The van der Waals surface area contributed by atoms with Crippen LogP contribution in [0.2, 0.25) is 5.02 Å². The Bertz CT molecular complexity index is 241. The van der Waals surface area contributed by atoms with Crippen LogP contribution in [0.4, 0.5) is 13.2 Å². The summed E-state index contributed by atoms with van der Waals surface area (Å²) in [7, 11) is 0. The molecule has 0 heterocycles. The van der Waals surface area contributed by atoms with Crippen molar-refractivity contribution in [3.63, 3.8) is 0 Å². The number of hydrogen-bond acceptors (Lipinski definition) is 0. The highest BCUT2D eigenvalue weighted by molar-refractivity contribution is 6.30. The van der Waals surface area contributed by atoms with Gasteiger partial charge in [-0.2, -0.15) is 13.2 Å². The molecule has 0 N–H and O–H groups in total. The number of allylic oxidation sites excluding steroid dienone is 1.